The van der Waals surface area contributed by atoms with Crippen LogP contribution in [0.25, 0.3) is 0 Å². The maximum Gasteiger partial charge on any atom is 0.327 e. The minimum atomic E-state index is -1.22. The van der Waals surface area contributed by atoms with Gasteiger partial charge in [-0.05, 0) is 5.92 Å². The molecule has 0 aromatic heterocycles. The standard InChI is InChI=1S/C13H24N4O5S2/c1-6(2)10(17-11(19)7(14)4-23)12(20)15-3-9(18)16-8(5-24)13(21)22/h6-8,10,23-24H,3-5,14H2,1-2H3,(H,15,20)(H,16,18)(H,17,19)(H,21,22). The lowest BCUT2D eigenvalue weighted by atomic mass is 10.0. The van der Waals surface area contributed by atoms with Crippen molar-refractivity contribution in [3.8, 4) is 0 Å². The molecule has 0 saturated heterocycles. The van der Waals surface area contributed by atoms with Crippen molar-refractivity contribution < 1.29 is 24.3 Å². The molecule has 0 aliphatic rings. The number of aliphatic carboxylic acids is 1. The maximum atomic E-state index is 12.1. The minimum absolute atomic E-state index is 0.0820. The molecule has 0 aliphatic heterocycles. The van der Waals surface area contributed by atoms with Gasteiger partial charge in [0.05, 0.1) is 12.6 Å². The second-order valence-electron chi connectivity index (χ2n) is 5.38. The van der Waals surface area contributed by atoms with Gasteiger partial charge in [0.15, 0.2) is 0 Å². The number of thiol groups is 2. The Balaban J connectivity index is 4.60. The topological polar surface area (TPSA) is 151 Å². The molecule has 0 rings (SSSR count). The zero-order valence-electron chi connectivity index (χ0n) is 13.5. The molecule has 0 bridgehead atoms. The number of rotatable bonds is 10. The average Bonchev–Trinajstić information content (AvgIpc) is 2.53. The van der Waals surface area contributed by atoms with E-state index >= 15 is 0 Å². The van der Waals surface area contributed by atoms with Crippen molar-refractivity contribution in [2.24, 2.45) is 11.7 Å². The second-order valence-corrected chi connectivity index (χ2v) is 6.11. The van der Waals surface area contributed by atoms with Crippen molar-refractivity contribution >= 4 is 48.9 Å². The summed E-state index contributed by atoms with van der Waals surface area (Å²) in [7, 11) is 0. The first-order valence-electron chi connectivity index (χ1n) is 7.21. The minimum Gasteiger partial charge on any atom is -0.480 e. The van der Waals surface area contributed by atoms with Gasteiger partial charge in [0.1, 0.15) is 12.1 Å². The zero-order chi connectivity index (χ0) is 18.9. The molecule has 11 heteroatoms. The van der Waals surface area contributed by atoms with Crippen LogP contribution in [0.5, 0.6) is 0 Å². The predicted molar refractivity (Wildman–Crippen MR) is 95.0 cm³/mol. The third-order valence-electron chi connectivity index (χ3n) is 3.02. The van der Waals surface area contributed by atoms with Crippen molar-refractivity contribution in [2.75, 3.05) is 18.1 Å². The lowest BCUT2D eigenvalue weighted by Gasteiger charge is -2.23. The number of hydrogen-bond donors (Lipinski definition) is 7. The molecule has 3 amide bonds. The van der Waals surface area contributed by atoms with Crippen LogP contribution in [-0.4, -0.2) is 65.0 Å². The van der Waals surface area contributed by atoms with Crippen LogP contribution in [0.2, 0.25) is 0 Å². The predicted octanol–water partition coefficient (Wildman–Crippen LogP) is -2.00. The Morgan fingerprint density at radius 3 is 2.04 bits per heavy atom. The molecule has 24 heavy (non-hydrogen) atoms. The van der Waals surface area contributed by atoms with E-state index in [4.69, 9.17) is 10.8 Å². The highest BCUT2D eigenvalue weighted by atomic mass is 32.1. The fraction of sp³-hybridized carbons (Fsp3) is 0.692. The van der Waals surface area contributed by atoms with E-state index in [2.05, 4.69) is 41.2 Å². The van der Waals surface area contributed by atoms with Crippen LogP contribution >= 0.6 is 25.3 Å². The van der Waals surface area contributed by atoms with Gasteiger partial charge in [0.25, 0.3) is 0 Å². The average molecular weight is 380 g/mol. The van der Waals surface area contributed by atoms with Crippen molar-refractivity contribution in [1.29, 1.82) is 0 Å². The highest BCUT2D eigenvalue weighted by Gasteiger charge is 2.26. The molecule has 0 fully saturated rings. The Labute approximate surface area is 151 Å². The maximum absolute atomic E-state index is 12.1. The first kappa shape index (κ1) is 22.5. The number of hydrogen-bond acceptors (Lipinski definition) is 7. The molecule has 0 heterocycles. The number of amides is 3. The van der Waals surface area contributed by atoms with E-state index in [1.165, 1.54) is 0 Å². The second kappa shape index (κ2) is 11.2. The molecular weight excluding hydrogens is 356 g/mol. The van der Waals surface area contributed by atoms with Crippen LogP contribution in [0.4, 0.5) is 0 Å². The van der Waals surface area contributed by atoms with Gasteiger partial charge in [0.2, 0.25) is 17.7 Å². The first-order valence-corrected chi connectivity index (χ1v) is 8.48. The highest BCUT2D eigenvalue weighted by Crippen LogP contribution is 2.02. The van der Waals surface area contributed by atoms with E-state index in [1.54, 1.807) is 13.8 Å². The van der Waals surface area contributed by atoms with Crippen LogP contribution in [0.15, 0.2) is 0 Å². The number of carboxylic acids is 1. The molecule has 0 radical (unpaired) electrons. The van der Waals surface area contributed by atoms with Crippen molar-refractivity contribution in [3.05, 3.63) is 0 Å². The Morgan fingerprint density at radius 2 is 1.62 bits per heavy atom. The molecule has 3 unspecified atom stereocenters. The summed E-state index contributed by atoms with van der Waals surface area (Å²) in [5.41, 5.74) is 5.54. The Morgan fingerprint density at radius 1 is 1.04 bits per heavy atom. The van der Waals surface area contributed by atoms with E-state index in [1.807, 2.05) is 0 Å². The zero-order valence-corrected chi connectivity index (χ0v) is 15.3. The number of nitrogens with one attached hydrogen (secondary N) is 3. The van der Waals surface area contributed by atoms with E-state index in [-0.39, 0.29) is 17.4 Å². The lowest BCUT2D eigenvalue weighted by molar-refractivity contribution is -0.141. The summed E-state index contributed by atoms with van der Waals surface area (Å²) in [5, 5.41) is 15.9. The smallest absolute Gasteiger partial charge is 0.327 e. The van der Waals surface area contributed by atoms with Gasteiger partial charge < -0.3 is 26.8 Å². The summed E-state index contributed by atoms with van der Waals surface area (Å²) in [6.07, 6.45) is 0. The number of carbonyl (C=O) groups is 4. The fourth-order valence-corrected chi connectivity index (χ4v) is 2.00. The van der Waals surface area contributed by atoms with Crippen LogP contribution in [0.1, 0.15) is 13.8 Å². The molecule has 0 aliphatic carbocycles. The normalized spacial score (nSPS) is 14.4. The third-order valence-corrected chi connectivity index (χ3v) is 3.78. The van der Waals surface area contributed by atoms with E-state index in [9.17, 15) is 19.2 Å². The van der Waals surface area contributed by atoms with Crippen LogP contribution in [-0.2, 0) is 19.2 Å². The van der Waals surface area contributed by atoms with Crippen molar-refractivity contribution in [3.63, 3.8) is 0 Å². The van der Waals surface area contributed by atoms with Crippen LogP contribution in [0, 0.1) is 5.92 Å². The summed E-state index contributed by atoms with van der Waals surface area (Å²) >= 11 is 7.73. The van der Waals surface area contributed by atoms with E-state index in [0.29, 0.717) is 0 Å². The molecule has 138 valence electrons. The van der Waals surface area contributed by atoms with Gasteiger partial charge in [-0.25, -0.2) is 4.79 Å². The third kappa shape index (κ3) is 7.88. The van der Waals surface area contributed by atoms with E-state index in [0.717, 1.165) is 0 Å². The number of nitrogens with two attached hydrogens (primary N) is 1. The number of carbonyl (C=O) groups excluding carboxylic acids is 3. The molecular formula is C13H24N4O5S2. The largest absolute Gasteiger partial charge is 0.480 e. The Kier molecular flexibility index (Phi) is 10.5. The molecule has 0 spiro atoms. The quantitative estimate of drug-likeness (QED) is 0.218. The molecule has 3 atom stereocenters. The molecule has 6 N–H and O–H groups in total. The number of carboxylic acid groups (broad SMARTS) is 1. The molecule has 0 aromatic carbocycles. The first-order chi connectivity index (χ1) is 11.1. The van der Waals surface area contributed by atoms with Gasteiger partial charge in [-0.1, -0.05) is 13.8 Å². The van der Waals surface area contributed by atoms with Gasteiger partial charge in [-0.2, -0.15) is 25.3 Å². The van der Waals surface area contributed by atoms with E-state index < -0.39 is 48.4 Å². The summed E-state index contributed by atoms with van der Waals surface area (Å²) < 4.78 is 0. The van der Waals surface area contributed by atoms with Gasteiger partial charge in [-0.15, -0.1) is 0 Å². The Hall–Kier alpha value is -1.46. The highest BCUT2D eigenvalue weighted by molar-refractivity contribution is 7.80. The van der Waals surface area contributed by atoms with Crippen LogP contribution < -0.4 is 21.7 Å². The van der Waals surface area contributed by atoms with Crippen molar-refractivity contribution in [1.82, 2.24) is 16.0 Å². The summed E-state index contributed by atoms with van der Waals surface area (Å²) in [5.74, 6) is -3.19. The fourth-order valence-electron chi connectivity index (χ4n) is 1.59. The molecule has 0 aromatic rings. The van der Waals surface area contributed by atoms with Crippen molar-refractivity contribution in [2.45, 2.75) is 32.0 Å². The summed E-state index contributed by atoms with van der Waals surface area (Å²) in [4.78, 5) is 46.3. The summed E-state index contributed by atoms with van der Waals surface area (Å²) in [6, 6.07) is -2.87. The Bertz CT molecular complexity index is 475. The van der Waals surface area contributed by atoms with Gasteiger partial charge in [-0.3, -0.25) is 14.4 Å². The molecule has 9 nitrogen and oxygen atoms in total. The molecule has 0 saturated carbocycles. The van der Waals surface area contributed by atoms with Gasteiger partial charge in [0, 0.05) is 11.5 Å². The van der Waals surface area contributed by atoms with Gasteiger partial charge >= 0.3 is 5.97 Å². The summed E-state index contributed by atoms with van der Waals surface area (Å²) in [6.45, 7) is 3.02. The van der Waals surface area contributed by atoms with Crippen LogP contribution in [0.3, 0.4) is 0 Å². The lowest BCUT2D eigenvalue weighted by Crippen LogP contribution is -2.55. The SMILES string of the molecule is CC(C)C(NC(=O)C(N)CS)C(=O)NCC(=O)NC(CS)C(=O)O. The monoisotopic (exact) mass is 380 g/mol.